The smallest absolute Gasteiger partial charge is 0.245 e. The zero-order valence-corrected chi connectivity index (χ0v) is 22.9. The second kappa shape index (κ2) is 14.7. The van der Waals surface area contributed by atoms with E-state index in [1.807, 2.05) is 59.5 Å². The molecule has 1 aliphatic heterocycles. The Bertz CT molecular complexity index is 1290. The molecule has 0 spiro atoms. The SMILES string of the molecule is C=C/C=C(\C=C)C(c1ccccc1)N1CCN(C(=O)[C@H](Cc2cccnc2)NC(=O)CCc2cccnc2)CC1. The van der Waals surface area contributed by atoms with E-state index in [1.165, 1.54) is 5.56 Å². The van der Waals surface area contributed by atoms with Crippen LogP contribution in [0.5, 0.6) is 0 Å². The highest BCUT2D eigenvalue weighted by Gasteiger charge is 2.32. The molecule has 7 heteroatoms. The number of rotatable bonds is 12. The number of aryl methyl sites for hydroxylation is 1. The van der Waals surface area contributed by atoms with Crippen LogP contribution in [-0.4, -0.2) is 63.8 Å². The molecule has 1 N–H and O–H groups in total. The molecule has 206 valence electrons. The number of carbonyl (C=O) groups excluding carboxylic acids is 2. The van der Waals surface area contributed by atoms with Gasteiger partial charge in [0, 0.05) is 63.8 Å². The quantitative estimate of drug-likeness (QED) is 0.350. The number of allylic oxidation sites excluding steroid dienone is 2. The predicted molar refractivity (Wildman–Crippen MR) is 158 cm³/mol. The average molecular weight is 536 g/mol. The molecule has 0 saturated carbocycles. The zero-order chi connectivity index (χ0) is 28.2. The average Bonchev–Trinajstić information content (AvgIpc) is 3.01. The van der Waals surface area contributed by atoms with E-state index in [-0.39, 0.29) is 24.3 Å². The molecule has 1 aromatic carbocycles. The Morgan fingerprint density at radius 1 is 0.900 bits per heavy atom. The van der Waals surface area contributed by atoms with Crippen molar-refractivity contribution in [3.63, 3.8) is 0 Å². The van der Waals surface area contributed by atoms with Gasteiger partial charge in [0.05, 0.1) is 6.04 Å². The highest BCUT2D eigenvalue weighted by molar-refractivity contribution is 5.88. The number of amides is 2. The molecule has 3 aromatic rings. The van der Waals surface area contributed by atoms with Crippen molar-refractivity contribution in [1.29, 1.82) is 0 Å². The van der Waals surface area contributed by atoms with Crippen molar-refractivity contribution >= 4 is 11.8 Å². The van der Waals surface area contributed by atoms with Crippen LogP contribution in [0.3, 0.4) is 0 Å². The van der Waals surface area contributed by atoms with Gasteiger partial charge >= 0.3 is 0 Å². The number of aromatic nitrogens is 2. The third-order valence-corrected chi connectivity index (χ3v) is 7.13. The van der Waals surface area contributed by atoms with Gasteiger partial charge in [-0.1, -0.05) is 73.9 Å². The summed E-state index contributed by atoms with van der Waals surface area (Å²) >= 11 is 0. The van der Waals surface area contributed by atoms with Crippen LogP contribution in [0, 0.1) is 0 Å². The van der Waals surface area contributed by atoms with Crippen molar-refractivity contribution in [3.05, 3.63) is 133 Å². The summed E-state index contributed by atoms with van der Waals surface area (Å²) in [7, 11) is 0. The topological polar surface area (TPSA) is 78.4 Å². The summed E-state index contributed by atoms with van der Waals surface area (Å²) in [6.45, 7) is 10.4. The Morgan fingerprint density at radius 2 is 1.57 bits per heavy atom. The van der Waals surface area contributed by atoms with E-state index in [0.29, 0.717) is 39.0 Å². The summed E-state index contributed by atoms with van der Waals surface area (Å²) in [6.07, 6.45) is 13.8. The third kappa shape index (κ3) is 7.83. The summed E-state index contributed by atoms with van der Waals surface area (Å²) in [4.78, 5) is 39.2. The van der Waals surface area contributed by atoms with Gasteiger partial charge < -0.3 is 10.2 Å². The van der Waals surface area contributed by atoms with Crippen LogP contribution in [0.4, 0.5) is 0 Å². The predicted octanol–water partition coefficient (Wildman–Crippen LogP) is 4.32. The van der Waals surface area contributed by atoms with Crippen molar-refractivity contribution in [3.8, 4) is 0 Å². The molecule has 1 aliphatic rings. The van der Waals surface area contributed by atoms with Crippen LogP contribution in [0.15, 0.2) is 116 Å². The first-order valence-electron chi connectivity index (χ1n) is 13.7. The largest absolute Gasteiger partial charge is 0.344 e. The van der Waals surface area contributed by atoms with Gasteiger partial charge in [0.1, 0.15) is 6.04 Å². The molecule has 7 nitrogen and oxygen atoms in total. The zero-order valence-electron chi connectivity index (χ0n) is 22.9. The fourth-order valence-electron chi connectivity index (χ4n) is 5.10. The lowest BCUT2D eigenvalue weighted by Crippen LogP contribution is -2.56. The van der Waals surface area contributed by atoms with E-state index in [4.69, 9.17) is 0 Å². The minimum atomic E-state index is -0.661. The van der Waals surface area contributed by atoms with E-state index in [0.717, 1.165) is 16.7 Å². The van der Waals surface area contributed by atoms with Gasteiger partial charge in [-0.2, -0.15) is 0 Å². The number of pyridine rings is 2. The Morgan fingerprint density at radius 3 is 2.17 bits per heavy atom. The van der Waals surface area contributed by atoms with Gasteiger partial charge in [0.25, 0.3) is 0 Å². The highest BCUT2D eigenvalue weighted by Crippen LogP contribution is 2.30. The Kier molecular flexibility index (Phi) is 10.5. The molecule has 4 rings (SSSR count). The molecule has 0 aliphatic carbocycles. The molecule has 3 heterocycles. The van der Waals surface area contributed by atoms with Crippen molar-refractivity contribution in [2.45, 2.75) is 31.3 Å². The molecular formula is C33H37N5O2. The maximum Gasteiger partial charge on any atom is 0.245 e. The van der Waals surface area contributed by atoms with E-state index in [9.17, 15) is 9.59 Å². The summed E-state index contributed by atoms with van der Waals surface area (Å²) in [5.41, 5.74) is 4.13. The second-order valence-corrected chi connectivity index (χ2v) is 9.83. The molecule has 2 amide bonds. The standard InChI is InChI=1S/C33H37N5O2/c1-3-10-28(4-2)32(29-13-6-5-7-14-29)37-19-21-38(22-20-37)33(40)30(23-27-12-9-18-35-25-27)36-31(39)16-15-26-11-8-17-34-24-26/h3-14,17-18,24-25,30,32H,1-2,15-16,19-23H2,(H,36,39)/b28-10+/t30-,32?/m0/s1. The maximum absolute atomic E-state index is 13.8. The van der Waals surface area contributed by atoms with Gasteiger partial charge in [-0.15, -0.1) is 0 Å². The monoisotopic (exact) mass is 535 g/mol. The Labute approximate surface area is 237 Å². The Balaban J connectivity index is 1.44. The summed E-state index contributed by atoms with van der Waals surface area (Å²) in [6, 6.07) is 17.3. The molecule has 0 radical (unpaired) electrons. The van der Waals surface area contributed by atoms with E-state index in [2.05, 4.69) is 45.5 Å². The van der Waals surface area contributed by atoms with Crippen molar-refractivity contribution < 1.29 is 9.59 Å². The number of piperazine rings is 1. The summed E-state index contributed by atoms with van der Waals surface area (Å²) in [5, 5.41) is 3.01. The minimum absolute atomic E-state index is 0.0207. The van der Waals surface area contributed by atoms with Crippen LogP contribution < -0.4 is 5.32 Å². The lowest BCUT2D eigenvalue weighted by atomic mass is 9.95. The summed E-state index contributed by atoms with van der Waals surface area (Å²) < 4.78 is 0. The van der Waals surface area contributed by atoms with Gasteiger partial charge in [0.2, 0.25) is 11.8 Å². The number of benzene rings is 1. The van der Waals surface area contributed by atoms with E-state index >= 15 is 0 Å². The number of nitrogens with one attached hydrogen (secondary N) is 1. The van der Waals surface area contributed by atoms with Crippen molar-refractivity contribution in [1.82, 2.24) is 25.1 Å². The Hall–Kier alpha value is -4.36. The first kappa shape index (κ1) is 28.6. The lowest BCUT2D eigenvalue weighted by molar-refractivity contribution is -0.138. The number of hydrogen-bond donors (Lipinski definition) is 1. The molecular weight excluding hydrogens is 498 g/mol. The fraction of sp³-hybridized carbons (Fsp3) is 0.273. The number of hydrogen-bond acceptors (Lipinski definition) is 5. The van der Waals surface area contributed by atoms with Crippen molar-refractivity contribution in [2.75, 3.05) is 26.2 Å². The van der Waals surface area contributed by atoms with Gasteiger partial charge in [-0.25, -0.2) is 0 Å². The molecule has 1 unspecified atom stereocenters. The van der Waals surface area contributed by atoms with Gasteiger partial charge in [-0.05, 0) is 40.8 Å². The van der Waals surface area contributed by atoms with Crippen molar-refractivity contribution in [2.24, 2.45) is 0 Å². The summed E-state index contributed by atoms with van der Waals surface area (Å²) in [5.74, 6) is -0.223. The minimum Gasteiger partial charge on any atom is -0.344 e. The third-order valence-electron chi connectivity index (χ3n) is 7.13. The number of nitrogens with zero attached hydrogens (tertiary/aromatic N) is 4. The molecule has 2 aromatic heterocycles. The normalized spacial score (nSPS) is 15.6. The van der Waals surface area contributed by atoms with Gasteiger partial charge in [0.15, 0.2) is 0 Å². The van der Waals surface area contributed by atoms with Crippen LogP contribution in [0.25, 0.3) is 0 Å². The molecule has 1 fully saturated rings. The van der Waals surface area contributed by atoms with Crippen LogP contribution in [0.2, 0.25) is 0 Å². The fourth-order valence-corrected chi connectivity index (χ4v) is 5.10. The molecule has 1 saturated heterocycles. The molecule has 40 heavy (non-hydrogen) atoms. The van der Waals surface area contributed by atoms with E-state index < -0.39 is 6.04 Å². The second-order valence-electron chi connectivity index (χ2n) is 9.83. The van der Waals surface area contributed by atoms with Crippen LogP contribution >= 0.6 is 0 Å². The van der Waals surface area contributed by atoms with Gasteiger partial charge in [-0.3, -0.25) is 24.5 Å². The first-order valence-corrected chi connectivity index (χ1v) is 13.7. The number of carbonyl (C=O) groups is 2. The highest BCUT2D eigenvalue weighted by atomic mass is 16.2. The molecule has 2 atom stereocenters. The van der Waals surface area contributed by atoms with Crippen LogP contribution in [0.1, 0.15) is 29.2 Å². The maximum atomic E-state index is 13.8. The van der Waals surface area contributed by atoms with Crippen LogP contribution in [-0.2, 0) is 22.4 Å². The first-order chi connectivity index (χ1) is 19.6. The lowest BCUT2D eigenvalue weighted by Gasteiger charge is -2.41. The molecule has 0 bridgehead atoms. The van der Waals surface area contributed by atoms with E-state index in [1.54, 1.807) is 30.9 Å².